The Morgan fingerprint density at radius 1 is 1.09 bits per heavy atom. The number of esters is 1. The minimum atomic E-state index is -0.755. The van der Waals surface area contributed by atoms with Crippen molar-refractivity contribution < 1.29 is 13.9 Å². The molecule has 6 rings (SSSR count). The van der Waals surface area contributed by atoms with Crippen LogP contribution in [-0.4, -0.2) is 55.3 Å². The highest BCUT2D eigenvalue weighted by Crippen LogP contribution is 2.35. The van der Waals surface area contributed by atoms with Crippen LogP contribution in [-0.2, 0) is 9.53 Å². The predicted octanol–water partition coefficient (Wildman–Crippen LogP) is 4.71. The monoisotopic (exact) mass is 616 g/mol. The lowest BCUT2D eigenvalue weighted by molar-refractivity contribution is -0.138. The molecule has 0 unspecified atom stereocenters. The summed E-state index contributed by atoms with van der Waals surface area (Å²) in [4.78, 5) is 37.5. The van der Waals surface area contributed by atoms with Crippen molar-refractivity contribution >= 4 is 46.6 Å². The first-order valence-corrected chi connectivity index (χ1v) is 15.6. The second-order valence-electron chi connectivity index (χ2n) is 10.8. The fourth-order valence-electron chi connectivity index (χ4n) is 5.72. The Labute approximate surface area is 258 Å². The predicted molar refractivity (Wildman–Crippen MR) is 170 cm³/mol. The van der Waals surface area contributed by atoms with Crippen LogP contribution in [0.4, 0.5) is 5.88 Å². The highest BCUT2D eigenvalue weighted by Gasteiger charge is 2.35. The van der Waals surface area contributed by atoms with Gasteiger partial charge < -0.3 is 19.0 Å². The first-order chi connectivity index (χ1) is 20.8. The van der Waals surface area contributed by atoms with Gasteiger partial charge in [-0.05, 0) is 57.6 Å². The van der Waals surface area contributed by atoms with Gasteiger partial charge in [0.05, 0.1) is 28.5 Å². The Morgan fingerprint density at radius 3 is 2.49 bits per heavy atom. The van der Waals surface area contributed by atoms with Crippen molar-refractivity contribution in [3.05, 3.63) is 114 Å². The molecule has 2 aromatic heterocycles. The molecule has 8 nitrogen and oxygen atoms in total. The van der Waals surface area contributed by atoms with Gasteiger partial charge in [0, 0.05) is 41.9 Å². The summed E-state index contributed by atoms with van der Waals surface area (Å²) in [5.41, 5.74) is 2.01. The van der Waals surface area contributed by atoms with E-state index in [1.54, 1.807) is 29.7 Å². The zero-order valence-electron chi connectivity index (χ0n) is 24.3. The normalized spacial score (nSPS) is 17.7. The third-order valence-corrected chi connectivity index (χ3v) is 9.19. The van der Waals surface area contributed by atoms with E-state index in [9.17, 15) is 9.59 Å². The topological polar surface area (TPSA) is 80.3 Å². The summed E-state index contributed by atoms with van der Waals surface area (Å²) >= 11 is 7.49. The van der Waals surface area contributed by atoms with Crippen LogP contribution in [0.3, 0.4) is 0 Å². The number of carbonyl (C=O) groups is 1. The van der Waals surface area contributed by atoms with Gasteiger partial charge in [-0.15, -0.1) is 0 Å². The number of nitrogens with zero attached hydrogens (tertiary/aromatic N) is 4. The molecule has 222 valence electrons. The number of piperidine rings is 1. The number of furan rings is 1. The molecule has 0 aliphatic carbocycles. The van der Waals surface area contributed by atoms with Gasteiger partial charge in [-0.2, -0.15) is 0 Å². The summed E-state index contributed by atoms with van der Waals surface area (Å²) in [6.45, 7) is 3.78. The van der Waals surface area contributed by atoms with E-state index in [4.69, 9.17) is 25.7 Å². The molecule has 0 spiro atoms. The van der Waals surface area contributed by atoms with Crippen LogP contribution in [0.1, 0.15) is 42.7 Å². The number of thiazole rings is 1. The van der Waals surface area contributed by atoms with Crippen LogP contribution in [0.25, 0.3) is 11.8 Å². The number of benzene rings is 2. The van der Waals surface area contributed by atoms with Gasteiger partial charge in [0.2, 0.25) is 0 Å². The smallest absolute Gasteiger partial charge is 0.338 e. The molecule has 43 heavy (non-hydrogen) atoms. The lowest BCUT2D eigenvalue weighted by atomic mass is 9.93. The molecule has 0 amide bonds. The first-order valence-electron chi connectivity index (χ1n) is 14.4. The highest BCUT2D eigenvalue weighted by atomic mass is 35.5. The highest BCUT2D eigenvalue weighted by molar-refractivity contribution is 7.07. The molecule has 1 saturated heterocycles. The van der Waals surface area contributed by atoms with Crippen LogP contribution < -0.4 is 19.8 Å². The molecule has 1 fully saturated rings. The van der Waals surface area contributed by atoms with Crippen LogP contribution in [0.2, 0.25) is 5.02 Å². The van der Waals surface area contributed by atoms with Gasteiger partial charge in [-0.3, -0.25) is 9.36 Å². The maximum atomic E-state index is 14.1. The second kappa shape index (κ2) is 12.4. The summed E-state index contributed by atoms with van der Waals surface area (Å²) in [6.07, 6.45) is 3.90. The SMILES string of the molecule is CCOC(=O)C1=C(c2ccccc2)N=c2s/c(=C\c3ccc(N4CCC(N(C)C)CC4)o3)c(=O)n2[C@@H]1c1ccc(Cl)cc1. The van der Waals surface area contributed by atoms with Crippen molar-refractivity contribution in [2.24, 2.45) is 4.99 Å². The van der Waals surface area contributed by atoms with Crippen LogP contribution in [0.15, 0.2) is 86.5 Å². The number of rotatable bonds is 7. The average molecular weight is 617 g/mol. The van der Waals surface area contributed by atoms with Crippen LogP contribution in [0, 0.1) is 0 Å². The van der Waals surface area contributed by atoms with E-state index in [0.717, 1.165) is 42.9 Å². The number of ether oxygens (including phenoxy) is 1. The van der Waals surface area contributed by atoms with Crippen molar-refractivity contribution in [2.45, 2.75) is 31.8 Å². The van der Waals surface area contributed by atoms with Crippen LogP contribution in [0.5, 0.6) is 0 Å². The molecule has 0 bridgehead atoms. The molecule has 0 saturated carbocycles. The van der Waals surface area contributed by atoms with E-state index >= 15 is 0 Å². The van der Waals surface area contributed by atoms with Crippen LogP contribution >= 0.6 is 22.9 Å². The maximum Gasteiger partial charge on any atom is 0.338 e. The Hall–Kier alpha value is -3.92. The Kier molecular flexibility index (Phi) is 8.38. The largest absolute Gasteiger partial charge is 0.463 e. The van der Waals surface area contributed by atoms with Crippen molar-refractivity contribution in [3.8, 4) is 0 Å². The van der Waals surface area contributed by atoms with Gasteiger partial charge >= 0.3 is 5.97 Å². The number of fused-ring (bicyclic) bond motifs is 1. The molecule has 10 heteroatoms. The van der Waals surface area contributed by atoms with E-state index in [-0.39, 0.29) is 12.2 Å². The summed E-state index contributed by atoms with van der Waals surface area (Å²) in [5.74, 6) is 0.866. The Bertz CT molecular complexity index is 1830. The molecule has 2 aliphatic heterocycles. The number of aromatic nitrogens is 1. The molecular weight excluding hydrogens is 584 g/mol. The molecule has 0 N–H and O–H groups in total. The Balaban J connectivity index is 1.46. The van der Waals surface area contributed by atoms with E-state index in [1.165, 1.54) is 11.3 Å². The molecule has 0 radical (unpaired) electrons. The van der Waals surface area contributed by atoms with E-state index in [0.29, 0.717) is 37.4 Å². The van der Waals surface area contributed by atoms with Crippen molar-refractivity contribution in [1.29, 1.82) is 0 Å². The van der Waals surface area contributed by atoms with E-state index in [2.05, 4.69) is 23.9 Å². The standard InChI is InChI=1S/C33H33ClN4O4S/c1-4-41-32(40)28-29(21-8-6-5-7-9-21)35-33-38(30(28)22-10-12-23(34)13-11-22)31(39)26(43-33)20-25-14-15-27(42-25)37-18-16-24(17-19-37)36(2)3/h5-15,20,24,30H,4,16-19H2,1-3H3/b26-20-/t30-/m1/s1. The summed E-state index contributed by atoms with van der Waals surface area (Å²) < 4.78 is 13.8. The van der Waals surface area contributed by atoms with Gasteiger partial charge in [0.1, 0.15) is 5.76 Å². The quantitative estimate of drug-likeness (QED) is 0.280. The number of hydrogen-bond donors (Lipinski definition) is 0. The fourth-order valence-corrected chi connectivity index (χ4v) is 6.83. The van der Waals surface area contributed by atoms with Gasteiger partial charge in [-0.25, -0.2) is 9.79 Å². The fraction of sp³-hybridized carbons (Fsp3) is 0.303. The zero-order valence-corrected chi connectivity index (χ0v) is 25.9. The third kappa shape index (κ3) is 5.85. The summed E-state index contributed by atoms with van der Waals surface area (Å²) in [5, 5.41) is 0.556. The number of anilines is 1. The molecule has 2 aliphatic rings. The van der Waals surface area contributed by atoms with Gasteiger partial charge in [-0.1, -0.05) is 65.4 Å². The van der Waals surface area contributed by atoms with Gasteiger partial charge in [0.15, 0.2) is 10.7 Å². The first kappa shape index (κ1) is 29.2. The van der Waals surface area contributed by atoms with Gasteiger partial charge in [0.25, 0.3) is 5.56 Å². The molecular formula is C33H33ClN4O4S. The molecule has 1 atom stereocenters. The second-order valence-corrected chi connectivity index (χ2v) is 12.3. The average Bonchev–Trinajstić information content (AvgIpc) is 3.61. The summed E-state index contributed by atoms with van der Waals surface area (Å²) in [7, 11) is 4.24. The van der Waals surface area contributed by atoms with Crippen molar-refractivity contribution in [2.75, 3.05) is 38.7 Å². The zero-order chi connectivity index (χ0) is 30.1. The van der Waals surface area contributed by atoms with E-state index in [1.807, 2.05) is 54.6 Å². The van der Waals surface area contributed by atoms with E-state index < -0.39 is 12.0 Å². The number of carbonyl (C=O) groups excluding carboxylic acids is 1. The van der Waals surface area contributed by atoms with Crippen molar-refractivity contribution in [3.63, 3.8) is 0 Å². The minimum Gasteiger partial charge on any atom is -0.463 e. The molecule has 2 aromatic carbocycles. The lowest BCUT2D eigenvalue weighted by Gasteiger charge is -2.35. The third-order valence-electron chi connectivity index (χ3n) is 7.95. The lowest BCUT2D eigenvalue weighted by Crippen LogP contribution is -2.41. The number of halogens is 1. The summed E-state index contributed by atoms with van der Waals surface area (Å²) in [6, 6.07) is 20.3. The Morgan fingerprint density at radius 2 is 1.81 bits per heavy atom. The maximum absolute atomic E-state index is 14.1. The minimum absolute atomic E-state index is 0.190. The van der Waals surface area contributed by atoms with Crippen molar-refractivity contribution in [1.82, 2.24) is 9.47 Å². The molecule has 4 aromatic rings. The molecule has 4 heterocycles. The number of hydrogen-bond acceptors (Lipinski definition) is 8.